The number of carbonyl (C=O) groups excluding carboxylic acids is 1. The van der Waals surface area contributed by atoms with Gasteiger partial charge in [0.2, 0.25) is 0 Å². The van der Waals surface area contributed by atoms with Crippen LogP contribution in [-0.4, -0.2) is 27.9 Å². The highest BCUT2D eigenvalue weighted by Gasteiger charge is 2.24. The van der Waals surface area contributed by atoms with E-state index in [2.05, 4.69) is 20.9 Å². The predicted octanol–water partition coefficient (Wildman–Crippen LogP) is 4.97. The molecule has 0 spiro atoms. The molecule has 0 aliphatic rings. The van der Waals surface area contributed by atoms with E-state index in [4.69, 9.17) is 4.74 Å². The maximum atomic E-state index is 14.6. The minimum absolute atomic E-state index is 0.317. The number of thioether (sulfide) groups is 1. The van der Waals surface area contributed by atoms with Gasteiger partial charge in [0.15, 0.2) is 5.16 Å². The summed E-state index contributed by atoms with van der Waals surface area (Å²) in [4.78, 5) is 16.6. The second kappa shape index (κ2) is 7.58. The second-order valence-electron chi connectivity index (χ2n) is 5.35. The lowest BCUT2D eigenvalue weighted by molar-refractivity contribution is -0.140. The fourth-order valence-corrected chi connectivity index (χ4v) is 3.94. The van der Waals surface area contributed by atoms with Crippen molar-refractivity contribution in [2.45, 2.75) is 23.8 Å². The standard InChI is InChI=1S/C18H16BrFN2O2S/c1-3-16(17(23)24-2)25-18-21-13-6-4-5-7-15(13)22(18)14-9-8-11(19)10-12(14)20/h4-10,16H,3H2,1-2H3. The summed E-state index contributed by atoms with van der Waals surface area (Å²) in [5.74, 6) is -0.687. The van der Waals surface area contributed by atoms with Gasteiger partial charge in [-0.25, -0.2) is 9.37 Å². The van der Waals surface area contributed by atoms with Gasteiger partial charge in [0.1, 0.15) is 11.1 Å². The summed E-state index contributed by atoms with van der Waals surface area (Å²) in [5, 5.41) is 0.152. The van der Waals surface area contributed by atoms with E-state index >= 15 is 0 Å². The molecule has 0 saturated carbocycles. The molecule has 1 aromatic heterocycles. The van der Waals surface area contributed by atoms with Gasteiger partial charge in [0.05, 0.1) is 23.8 Å². The van der Waals surface area contributed by atoms with Gasteiger partial charge < -0.3 is 4.74 Å². The molecule has 0 amide bonds. The van der Waals surface area contributed by atoms with Crippen LogP contribution in [-0.2, 0) is 9.53 Å². The van der Waals surface area contributed by atoms with Crippen LogP contribution in [0.25, 0.3) is 16.7 Å². The van der Waals surface area contributed by atoms with Crippen LogP contribution in [0, 0.1) is 5.82 Å². The molecular weight excluding hydrogens is 407 g/mol. The largest absolute Gasteiger partial charge is 0.468 e. The molecule has 0 bridgehead atoms. The van der Waals surface area contributed by atoms with E-state index in [0.29, 0.717) is 21.7 Å². The number of ether oxygens (including phenoxy) is 1. The molecule has 0 saturated heterocycles. The zero-order valence-corrected chi connectivity index (χ0v) is 16.1. The van der Waals surface area contributed by atoms with Crippen molar-refractivity contribution in [1.29, 1.82) is 0 Å². The molecule has 25 heavy (non-hydrogen) atoms. The summed E-state index contributed by atoms with van der Waals surface area (Å²) < 4.78 is 21.8. The van der Waals surface area contributed by atoms with Crippen LogP contribution in [0.1, 0.15) is 13.3 Å². The summed E-state index contributed by atoms with van der Waals surface area (Å²) >= 11 is 4.56. The molecule has 130 valence electrons. The number of carbonyl (C=O) groups is 1. The Morgan fingerprint density at radius 3 is 2.80 bits per heavy atom. The number of hydrogen-bond acceptors (Lipinski definition) is 4. The fourth-order valence-electron chi connectivity index (χ4n) is 2.54. The first kappa shape index (κ1) is 17.9. The van der Waals surface area contributed by atoms with Crippen LogP contribution >= 0.6 is 27.7 Å². The van der Waals surface area contributed by atoms with Crippen molar-refractivity contribution >= 4 is 44.7 Å². The third-order valence-corrected chi connectivity index (χ3v) is 5.55. The molecular formula is C18H16BrFN2O2S. The number of para-hydroxylation sites is 2. The monoisotopic (exact) mass is 422 g/mol. The van der Waals surface area contributed by atoms with Gasteiger partial charge in [0, 0.05) is 4.47 Å². The van der Waals surface area contributed by atoms with E-state index in [0.717, 1.165) is 11.0 Å². The van der Waals surface area contributed by atoms with Crippen molar-refractivity contribution in [3.8, 4) is 5.69 Å². The molecule has 1 unspecified atom stereocenters. The van der Waals surface area contributed by atoms with E-state index in [1.54, 1.807) is 16.7 Å². The van der Waals surface area contributed by atoms with Crippen molar-refractivity contribution < 1.29 is 13.9 Å². The zero-order valence-electron chi connectivity index (χ0n) is 13.7. The minimum atomic E-state index is -0.404. The number of aromatic nitrogens is 2. The van der Waals surface area contributed by atoms with Gasteiger partial charge >= 0.3 is 5.97 Å². The SMILES string of the molecule is CCC(Sc1nc2ccccc2n1-c1ccc(Br)cc1F)C(=O)OC. The summed E-state index contributed by atoms with van der Waals surface area (Å²) in [5.41, 5.74) is 1.91. The van der Waals surface area contributed by atoms with E-state index in [9.17, 15) is 9.18 Å². The highest BCUT2D eigenvalue weighted by atomic mass is 79.9. The molecule has 4 nitrogen and oxygen atoms in total. The Morgan fingerprint density at radius 1 is 1.36 bits per heavy atom. The van der Waals surface area contributed by atoms with Crippen LogP contribution in [0.5, 0.6) is 0 Å². The number of esters is 1. The van der Waals surface area contributed by atoms with E-state index < -0.39 is 5.25 Å². The molecule has 0 N–H and O–H groups in total. The molecule has 0 aliphatic heterocycles. The lowest BCUT2D eigenvalue weighted by Gasteiger charge is -2.14. The molecule has 0 fully saturated rings. The molecule has 2 aromatic carbocycles. The lowest BCUT2D eigenvalue weighted by Crippen LogP contribution is -2.18. The van der Waals surface area contributed by atoms with E-state index in [1.165, 1.54) is 24.9 Å². The van der Waals surface area contributed by atoms with Crippen LogP contribution in [0.4, 0.5) is 4.39 Å². The average Bonchev–Trinajstić information content (AvgIpc) is 2.97. The number of methoxy groups -OCH3 is 1. The normalized spacial score (nSPS) is 12.3. The maximum Gasteiger partial charge on any atom is 0.319 e. The van der Waals surface area contributed by atoms with Crippen molar-refractivity contribution in [2.75, 3.05) is 7.11 Å². The van der Waals surface area contributed by atoms with Crippen LogP contribution in [0.2, 0.25) is 0 Å². The van der Waals surface area contributed by atoms with Crippen LogP contribution < -0.4 is 0 Å². The van der Waals surface area contributed by atoms with Crippen molar-refractivity contribution in [3.05, 3.63) is 52.8 Å². The number of rotatable bonds is 5. The van der Waals surface area contributed by atoms with Gasteiger partial charge in [-0.05, 0) is 36.8 Å². The van der Waals surface area contributed by atoms with Crippen molar-refractivity contribution in [1.82, 2.24) is 9.55 Å². The average molecular weight is 423 g/mol. The quantitative estimate of drug-likeness (QED) is 0.429. The second-order valence-corrected chi connectivity index (χ2v) is 7.44. The molecule has 1 heterocycles. The lowest BCUT2D eigenvalue weighted by atomic mass is 10.2. The third-order valence-electron chi connectivity index (χ3n) is 3.76. The maximum absolute atomic E-state index is 14.6. The molecule has 0 aliphatic carbocycles. The van der Waals surface area contributed by atoms with Gasteiger partial charge in [-0.2, -0.15) is 0 Å². The summed E-state index contributed by atoms with van der Waals surface area (Å²) in [6, 6.07) is 12.4. The Bertz CT molecular complexity index is 929. The summed E-state index contributed by atoms with van der Waals surface area (Å²) in [6.45, 7) is 1.90. The van der Waals surface area contributed by atoms with E-state index in [1.807, 2.05) is 31.2 Å². The number of imidazole rings is 1. The first-order chi connectivity index (χ1) is 12.0. The topological polar surface area (TPSA) is 44.1 Å². The van der Waals surface area contributed by atoms with Crippen LogP contribution in [0.3, 0.4) is 0 Å². The summed E-state index contributed by atoms with van der Waals surface area (Å²) in [7, 11) is 1.36. The first-order valence-corrected chi connectivity index (χ1v) is 9.39. The number of nitrogens with zero attached hydrogens (tertiary/aromatic N) is 2. The van der Waals surface area contributed by atoms with Gasteiger partial charge in [-0.3, -0.25) is 9.36 Å². The summed E-state index contributed by atoms with van der Waals surface area (Å²) in [6.07, 6.45) is 0.587. The highest BCUT2D eigenvalue weighted by molar-refractivity contribution is 9.10. The molecule has 1 atom stereocenters. The Hall–Kier alpha value is -1.86. The Kier molecular flexibility index (Phi) is 5.44. The Morgan fingerprint density at radius 2 is 2.12 bits per heavy atom. The number of benzene rings is 2. The predicted molar refractivity (Wildman–Crippen MR) is 101 cm³/mol. The fraction of sp³-hybridized carbons (Fsp3) is 0.222. The van der Waals surface area contributed by atoms with Crippen molar-refractivity contribution in [3.63, 3.8) is 0 Å². The molecule has 3 rings (SSSR count). The smallest absolute Gasteiger partial charge is 0.319 e. The van der Waals surface area contributed by atoms with Gasteiger partial charge in [-0.1, -0.05) is 46.7 Å². The molecule has 0 radical (unpaired) electrons. The van der Waals surface area contributed by atoms with Gasteiger partial charge in [0.25, 0.3) is 0 Å². The number of fused-ring (bicyclic) bond motifs is 1. The molecule has 3 aromatic rings. The highest BCUT2D eigenvalue weighted by Crippen LogP contribution is 2.33. The molecule has 7 heteroatoms. The zero-order chi connectivity index (χ0) is 18.0. The number of hydrogen-bond donors (Lipinski definition) is 0. The third kappa shape index (κ3) is 3.57. The minimum Gasteiger partial charge on any atom is -0.468 e. The van der Waals surface area contributed by atoms with Crippen LogP contribution in [0.15, 0.2) is 52.1 Å². The first-order valence-electron chi connectivity index (χ1n) is 7.72. The Balaban J connectivity index is 2.17. The Labute approximate surface area is 157 Å². The van der Waals surface area contributed by atoms with Crippen molar-refractivity contribution in [2.24, 2.45) is 0 Å². The van der Waals surface area contributed by atoms with Gasteiger partial charge in [-0.15, -0.1) is 0 Å². The number of halogens is 2. The van der Waals surface area contributed by atoms with E-state index in [-0.39, 0.29) is 11.8 Å².